The van der Waals surface area contributed by atoms with Crippen LogP contribution in [-0.2, 0) is 9.59 Å². The Morgan fingerprint density at radius 1 is 1.11 bits per heavy atom. The van der Waals surface area contributed by atoms with E-state index in [1.807, 2.05) is 0 Å². The summed E-state index contributed by atoms with van der Waals surface area (Å²) in [7, 11) is 0. The van der Waals surface area contributed by atoms with Crippen LogP contribution in [0.1, 0.15) is 51.4 Å². The summed E-state index contributed by atoms with van der Waals surface area (Å²) < 4.78 is 0. The van der Waals surface area contributed by atoms with Crippen molar-refractivity contribution in [2.75, 3.05) is 6.54 Å². The molecule has 0 aliphatic heterocycles. The second-order valence-electron chi connectivity index (χ2n) is 5.80. The van der Waals surface area contributed by atoms with Crippen molar-refractivity contribution in [2.45, 2.75) is 63.5 Å². The molecule has 2 unspecified atom stereocenters. The van der Waals surface area contributed by atoms with Crippen molar-refractivity contribution in [3.05, 3.63) is 0 Å². The summed E-state index contributed by atoms with van der Waals surface area (Å²) >= 11 is 0. The van der Waals surface area contributed by atoms with E-state index in [0.717, 1.165) is 51.5 Å². The Labute approximate surface area is 114 Å². The minimum Gasteiger partial charge on any atom is -0.481 e. The largest absolute Gasteiger partial charge is 0.481 e. The van der Waals surface area contributed by atoms with E-state index in [0.29, 0.717) is 18.5 Å². The molecule has 0 spiro atoms. The fourth-order valence-corrected chi connectivity index (χ4v) is 2.68. The number of amides is 1. The van der Waals surface area contributed by atoms with Gasteiger partial charge in [-0.15, -0.1) is 0 Å². The smallest absolute Gasteiger partial charge is 0.306 e. The van der Waals surface area contributed by atoms with Gasteiger partial charge in [0.15, 0.2) is 0 Å². The molecule has 5 nitrogen and oxygen atoms in total. The van der Waals surface area contributed by atoms with Crippen molar-refractivity contribution in [1.29, 1.82) is 0 Å². The second kappa shape index (κ2) is 6.89. The Kier molecular flexibility index (Phi) is 5.19. The Hall–Kier alpha value is -1.10. The lowest BCUT2D eigenvalue weighted by Crippen LogP contribution is -2.37. The highest BCUT2D eigenvalue weighted by Crippen LogP contribution is 2.24. The molecule has 3 N–H and O–H groups in total. The highest BCUT2D eigenvalue weighted by molar-refractivity contribution is 5.76. The first-order chi connectivity index (χ1) is 9.15. The van der Waals surface area contributed by atoms with Crippen LogP contribution in [0, 0.1) is 5.92 Å². The molecular weight excluding hydrogens is 244 g/mol. The van der Waals surface area contributed by atoms with Crippen molar-refractivity contribution in [3.63, 3.8) is 0 Å². The maximum atomic E-state index is 11.5. The lowest BCUT2D eigenvalue weighted by molar-refractivity contribution is -0.143. The molecule has 108 valence electrons. The number of carboxylic acids is 1. The van der Waals surface area contributed by atoms with E-state index in [-0.39, 0.29) is 11.8 Å². The average molecular weight is 268 g/mol. The number of nitrogens with one attached hydrogen (secondary N) is 2. The van der Waals surface area contributed by atoms with E-state index < -0.39 is 5.97 Å². The SMILES string of the molecule is O=C(CCCNC1CCCC(C(=O)O)C1)NC1CC1. The van der Waals surface area contributed by atoms with Crippen LogP contribution in [0.15, 0.2) is 0 Å². The normalized spacial score (nSPS) is 26.9. The zero-order valence-corrected chi connectivity index (χ0v) is 11.4. The van der Waals surface area contributed by atoms with Crippen molar-refractivity contribution < 1.29 is 14.7 Å². The van der Waals surface area contributed by atoms with E-state index in [1.54, 1.807) is 0 Å². The first kappa shape index (κ1) is 14.3. The predicted octanol–water partition coefficient (Wildman–Crippen LogP) is 1.28. The molecule has 2 rings (SSSR count). The molecule has 0 bridgehead atoms. The zero-order valence-electron chi connectivity index (χ0n) is 11.4. The van der Waals surface area contributed by atoms with Crippen molar-refractivity contribution in [3.8, 4) is 0 Å². The average Bonchev–Trinajstić information content (AvgIpc) is 3.19. The quantitative estimate of drug-likeness (QED) is 0.608. The summed E-state index contributed by atoms with van der Waals surface area (Å²) in [5.41, 5.74) is 0. The molecule has 2 aliphatic carbocycles. The third-order valence-electron chi connectivity index (χ3n) is 3.98. The number of hydrogen-bond acceptors (Lipinski definition) is 3. The van der Waals surface area contributed by atoms with Gasteiger partial charge in [0, 0.05) is 18.5 Å². The van der Waals surface area contributed by atoms with E-state index in [4.69, 9.17) is 5.11 Å². The molecule has 2 fully saturated rings. The van der Waals surface area contributed by atoms with Gasteiger partial charge >= 0.3 is 5.97 Å². The molecule has 5 heteroatoms. The monoisotopic (exact) mass is 268 g/mol. The van der Waals surface area contributed by atoms with Crippen molar-refractivity contribution in [2.24, 2.45) is 5.92 Å². The van der Waals surface area contributed by atoms with Crippen LogP contribution >= 0.6 is 0 Å². The molecule has 0 radical (unpaired) electrons. The Morgan fingerprint density at radius 2 is 1.89 bits per heavy atom. The fourth-order valence-electron chi connectivity index (χ4n) is 2.68. The van der Waals surface area contributed by atoms with Crippen LogP contribution in [0.4, 0.5) is 0 Å². The van der Waals surface area contributed by atoms with Gasteiger partial charge in [-0.05, 0) is 45.1 Å². The van der Waals surface area contributed by atoms with Crippen LogP contribution < -0.4 is 10.6 Å². The second-order valence-corrected chi connectivity index (χ2v) is 5.80. The summed E-state index contributed by atoms with van der Waals surface area (Å²) in [5, 5.41) is 15.4. The molecule has 2 aliphatic rings. The van der Waals surface area contributed by atoms with Crippen LogP contribution in [-0.4, -0.2) is 35.6 Å². The van der Waals surface area contributed by atoms with Gasteiger partial charge in [-0.3, -0.25) is 9.59 Å². The summed E-state index contributed by atoms with van der Waals surface area (Å²) in [6.45, 7) is 0.801. The van der Waals surface area contributed by atoms with Crippen LogP contribution in [0.25, 0.3) is 0 Å². The van der Waals surface area contributed by atoms with Gasteiger partial charge in [0.25, 0.3) is 0 Å². The number of hydrogen-bond donors (Lipinski definition) is 3. The van der Waals surface area contributed by atoms with Crippen LogP contribution in [0.5, 0.6) is 0 Å². The number of carbonyl (C=O) groups is 2. The van der Waals surface area contributed by atoms with Gasteiger partial charge in [-0.2, -0.15) is 0 Å². The minimum atomic E-state index is -0.671. The van der Waals surface area contributed by atoms with E-state index >= 15 is 0 Å². The number of carbonyl (C=O) groups excluding carboxylic acids is 1. The lowest BCUT2D eigenvalue weighted by atomic mass is 9.86. The van der Waals surface area contributed by atoms with Gasteiger partial charge in [-0.25, -0.2) is 0 Å². The highest BCUT2D eigenvalue weighted by atomic mass is 16.4. The Balaban J connectivity index is 1.54. The lowest BCUT2D eigenvalue weighted by Gasteiger charge is -2.27. The molecular formula is C14H24N2O3. The summed E-state index contributed by atoms with van der Waals surface area (Å²) in [6, 6.07) is 0.747. The zero-order chi connectivity index (χ0) is 13.7. The third kappa shape index (κ3) is 5.19. The molecule has 0 aromatic carbocycles. The first-order valence-electron chi connectivity index (χ1n) is 7.40. The van der Waals surface area contributed by atoms with Crippen molar-refractivity contribution >= 4 is 11.9 Å². The molecule has 0 aromatic rings. The summed E-state index contributed by atoms with van der Waals surface area (Å²) in [5.74, 6) is -0.712. The molecule has 1 amide bonds. The Bertz CT molecular complexity index is 329. The maximum absolute atomic E-state index is 11.5. The maximum Gasteiger partial charge on any atom is 0.306 e. The molecule has 0 saturated heterocycles. The van der Waals surface area contributed by atoms with Crippen LogP contribution in [0.3, 0.4) is 0 Å². The standard InChI is InChI=1S/C14H24N2O3/c17-13(16-11-6-7-11)5-2-8-15-12-4-1-3-10(9-12)14(18)19/h10-12,15H,1-9H2,(H,16,17)(H,18,19). The van der Waals surface area contributed by atoms with Crippen LogP contribution in [0.2, 0.25) is 0 Å². The number of rotatable bonds is 7. The third-order valence-corrected chi connectivity index (χ3v) is 3.98. The number of carboxylic acid groups (broad SMARTS) is 1. The topological polar surface area (TPSA) is 78.4 Å². The number of aliphatic carboxylic acids is 1. The Morgan fingerprint density at radius 3 is 2.58 bits per heavy atom. The van der Waals surface area contributed by atoms with Gasteiger partial charge in [-0.1, -0.05) is 6.42 Å². The van der Waals surface area contributed by atoms with E-state index in [1.165, 1.54) is 0 Å². The minimum absolute atomic E-state index is 0.149. The van der Waals surface area contributed by atoms with Crippen molar-refractivity contribution in [1.82, 2.24) is 10.6 Å². The summed E-state index contributed by atoms with van der Waals surface area (Å²) in [4.78, 5) is 22.4. The van der Waals surface area contributed by atoms with Gasteiger partial charge in [0.1, 0.15) is 0 Å². The van der Waals surface area contributed by atoms with E-state index in [2.05, 4.69) is 10.6 Å². The summed E-state index contributed by atoms with van der Waals surface area (Å²) in [6.07, 6.45) is 7.21. The highest BCUT2D eigenvalue weighted by Gasteiger charge is 2.26. The van der Waals surface area contributed by atoms with Gasteiger partial charge < -0.3 is 15.7 Å². The molecule has 19 heavy (non-hydrogen) atoms. The fraction of sp³-hybridized carbons (Fsp3) is 0.857. The molecule has 2 atom stereocenters. The van der Waals surface area contributed by atoms with Gasteiger partial charge in [0.05, 0.1) is 5.92 Å². The molecule has 0 heterocycles. The first-order valence-corrected chi connectivity index (χ1v) is 7.40. The predicted molar refractivity (Wildman–Crippen MR) is 71.8 cm³/mol. The molecule has 2 saturated carbocycles. The van der Waals surface area contributed by atoms with E-state index in [9.17, 15) is 9.59 Å². The molecule has 0 aromatic heterocycles. The van der Waals surface area contributed by atoms with Gasteiger partial charge in [0.2, 0.25) is 5.91 Å².